The highest BCUT2D eigenvalue weighted by molar-refractivity contribution is 7.92. The molecule has 0 spiro atoms. The Morgan fingerprint density at radius 3 is 2.35 bits per heavy atom. The van der Waals surface area contributed by atoms with E-state index >= 15 is 0 Å². The summed E-state index contributed by atoms with van der Waals surface area (Å²) in [6.45, 7) is 3.28. The summed E-state index contributed by atoms with van der Waals surface area (Å²) in [5, 5.41) is 3.32. The molecule has 0 aromatic heterocycles. The highest BCUT2D eigenvalue weighted by atomic mass is 35.5. The molecule has 0 fully saturated rings. The molecule has 2 rings (SSSR count). The summed E-state index contributed by atoms with van der Waals surface area (Å²) in [7, 11) is -1.94. The number of anilines is 2. The topological polar surface area (TPSA) is 75.7 Å². The molecule has 0 aliphatic carbocycles. The van der Waals surface area contributed by atoms with E-state index in [2.05, 4.69) is 5.32 Å². The van der Waals surface area contributed by atoms with E-state index < -0.39 is 15.6 Å². The average Bonchev–Trinajstić information content (AvgIpc) is 2.55. The Balaban J connectivity index is 2.14. The highest BCUT2D eigenvalue weighted by Gasteiger charge is 2.30. The minimum absolute atomic E-state index is 0.369. The molecule has 0 aliphatic rings. The minimum atomic E-state index is -3.39. The maximum Gasteiger partial charge on any atom is 0.267 e. The summed E-state index contributed by atoms with van der Waals surface area (Å²) in [6.07, 6.45) is 1.11. The molecule has 1 N–H and O–H groups in total. The zero-order valence-corrected chi connectivity index (χ0v) is 16.6. The van der Waals surface area contributed by atoms with E-state index in [4.69, 9.17) is 16.3 Å². The fourth-order valence-electron chi connectivity index (χ4n) is 2.10. The number of carbonyl (C=O) groups is 1. The largest absolute Gasteiger partial charge is 0.478 e. The van der Waals surface area contributed by atoms with Gasteiger partial charge in [0, 0.05) is 17.8 Å². The third-order valence-corrected chi connectivity index (χ3v) is 5.16. The van der Waals surface area contributed by atoms with Crippen LogP contribution in [0.15, 0.2) is 48.5 Å². The average molecular weight is 397 g/mol. The second-order valence-corrected chi connectivity index (χ2v) is 8.75. The number of nitrogens with zero attached hydrogens (tertiary/aromatic N) is 1. The SMILES string of the molecule is CN(c1cccc(NC(=O)C(C)(C)Oc2ccc(Cl)cc2)c1)S(C)(=O)=O. The number of rotatable bonds is 6. The summed E-state index contributed by atoms with van der Waals surface area (Å²) in [5.74, 6) is 0.145. The number of amides is 1. The van der Waals surface area contributed by atoms with Gasteiger partial charge < -0.3 is 10.1 Å². The lowest BCUT2D eigenvalue weighted by molar-refractivity contribution is -0.128. The van der Waals surface area contributed by atoms with E-state index in [1.165, 1.54) is 7.05 Å². The van der Waals surface area contributed by atoms with Gasteiger partial charge in [0.05, 0.1) is 11.9 Å². The maximum atomic E-state index is 12.6. The lowest BCUT2D eigenvalue weighted by atomic mass is 10.1. The molecule has 0 unspecified atom stereocenters. The van der Waals surface area contributed by atoms with Crippen LogP contribution in [-0.2, 0) is 14.8 Å². The van der Waals surface area contributed by atoms with E-state index in [1.54, 1.807) is 62.4 Å². The molecule has 1 amide bonds. The van der Waals surface area contributed by atoms with Crippen LogP contribution in [0, 0.1) is 0 Å². The maximum absolute atomic E-state index is 12.6. The monoisotopic (exact) mass is 396 g/mol. The predicted octanol–water partition coefficient (Wildman–Crippen LogP) is 3.53. The lowest BCUT2D eigenvalue weighted by Gasteiger charge is -2.25. The number of hydrogen-bond donors (Lipinski definition) is 1. The molecule has 6 nitrogen and oxygen atoms in total. The molecule has 0 saturated carbocycles. The quantitative estimate of drug-likeness (QED) is 0.810. The van der Waals surface area contributed by atoms with E-state index in [0.717, 1.165) is 10.6 Å². The van der Waals surface area contributed by atoms with Gasteiger partial charge in [0.25, 0.3) is 5.91 Å². The first kappa shape index (κ1) is 20.1. The number of ether oxygens (including phenoxy) is 1. The third kappa shape index (κ3) is 5.12. The smallest absolute Gasteiger partial charge is 0.267 e. The van der Waals surface area contributed by atoms with E-state index in [9.17, 15) is 13.2 Å². The normalized spacial score (nSPS) is 11.7. The molecule has 0 heterocycles. The van der Waals surface area contributed by atoms with Crippen molar-refractivity contribution in [2.45, 2.75) is 19.4 Å². The van der Waals surface area contributed by atoms with Crippen LogP contribution in [0.1, 0.15) is 13.8 Å². The second kappa shape index (κ2) is 7.55. The van der Waals surface area contributed by atoms with Crippen molar-refractivity contribution in [2.75, 3.05) is 22.9 Å². The summed E-state index contributed by atoms with van der Waals surface area (Å²) in [5.41, 5.74) is -0.232. The number of carbonyl (C=O) groups excluding carboxylic acids is 1. The van der Waals surface area contributed by atoms with Gasteiger partial charge in [-0.25, -0.2) is 8.42 Å². The first-order valence-corrected chi connectivity index (χ1v) is 10.0. The number of halogens is 1. The van der Waals surface area contributed by atoms with Crippen molar-refractivity contribution >= 4 is 38.9 Å². The first-order valence-electron chi connectivity index (χ1n) is 7.79. The first-order chi connectivity index (χ1) is 12.0. The van der Waals surface area contributed by atoms with Crippen LogP contribution in [0.25, 0.3) is 0 Å². The van der Waals surface area contributed by atoms with E-state index in [-0.39, 0.29) is 5.91 Å². The second-order valence-electron chi connectivity index (χ2n) is 6.30. The van der Waals surface area contributed by atoms with Gasteiger partial charge in [-0.1, -0.05) is 17.7 Å². The van der Waals surface area contributed by atoms with E-state index in [0.29, 0.717) is 22.1 Å². The minimum Gasteiger partial charge on any atom is -0.478 e. The van der Waals surface area contributed by atoms with Crippen molar-refractivity contribution in [1.82, 2.24) is 0 Å². The Hall–Kier alpha value is -2.25. The molecule has 0 bridgehead atoms. The number of benzene rings is 2. The van der Waals surface area contributed by atoms with Crippen molar-refractivity contribution in [2.24, 2.45) is 0 Å². The van der Waals surface area contributed by atoms with Crippen LogP contribution in [0.2, 0.25) is 5.02 Å². The summed E-state index contributed by atoms with van der Waals surface area (Å²) in [6, 6.07) is 13.3. The summed E-state index contributed by atoms with van der Waals surface area (Å²) < 4.78 is 30.2. The zero-order chi connectivity index (χ0) is 19.5. The fourth-order valence-corrected chi connectivity index (χ4v) is 2.72. The molecule has 0 radical (unpaired) electrons. The van der Waals surface area contributed by atoms with Gasteiger partial charge >= 0.3 is 0 Å². The Kier molecular flexibility index (Phi) is 5.83. The number of sulfonamides is 1. The molecule has 0 aliphatic heterocycles. The number of hydrogen-bond acceptors (Lipinski definition) is 4. The van der Waals surface area contributed by atoms with Crippen LogP contribution < -0.4 is 14.4 Å². The molecule has 26 heavy (non-hydrogen) atoms. The van der Waals surface area contributed by atoms with Crippen molar-refractivity contribution in [3.8, 4) is 5.75 Å². The van der Waals surface area contributed by atoms with Crippen molar-refractivity contribution < 1.29 is 17.9 Å². The van der Waals surface area contributed by atoms with Gasteiger partial charge in [0.2, 0.25) is 10.0 Å². The number of nitrogens with one attached hydrogen (secondary N) is 1. The summed E-state index contributed by atoms with van der Waals surface area (Å²) in [4.78, 5) is 12.6. The van der Waals surface area contributed by atoms with Gasteiger partial charge in [-0.3, -0.25) is 9.10 Å². The molecular weight excluding hydrogens is 376 g/mol. The third-order valence-electron chi connectivity index (χ3n) is 3.70. The van der Waals surface area contributed by atoms with E-state index in [1.807, 2.05) is 0 Å². The summed E-state index contributed by atoms with van der Waals surface area (Å²) >= 11 is 5.84. The lowest BCUT2D eigenvalue weighted by Crippen LogP contribution is -2.42. The van der Waals surface area contributed by atoms with Gasteiger partial charge in [-0.15, -0.1) is 0 Å². The van der Waals surface area contributed by atoms with Gasteiger partial charge in [0.15, 0.2) is 5.60 Å². The van der Waals surface area contributed by atoms with Crippen LogP contribution in [0.4, 0.5) is 11.4 Å². The highest BCUT2D eigenvalue weighted by Crippen LogP contribution is 2.24. The van der Waals surface area contributed by atoms with Crippen LogP contribution in [0.3, 0.4) is 0 Å². The Labute approximate surface area is 158 Å². The van der Waals surface area contributed by atoms with Crippen LogP contribution in [0.5, 0.6) is 5.75 Å². The van der Waals surface area contributed by atoms with Gasteiger partial charge in [-0.2, -0.15) is 0 Å². The Bertz CT molecular complexity index is 896. The van der Waals surface area contributed by atoms with Gasteiger partial charge in [-0.05, 0) is 56.3 Å². The van der Waals surface area contributed by atoms with Crippen LogP contribution in [-0.4, -0.2) is 33.2 Å². The standard InChI is InChI=1S/C18H21ClN2O4S/c1-18(2,25-16-10-8-13(19)9-11-16)17(22)20-14-6-5-7-15(12-14)21(3)26(4,23)24/h5-12H,1-4H3,(H,20,22). The molecule has 2 aromatic rings. The predicted molar refractivity (Wildman–Crippen MR) is 104 cm³/mol. The molecule has 0 saturated heterocycles. The van der Waals surface area contributed by atoms with Crippen molar-refractivity contribution in [3.05, 3.63) is 53.6 Å². The molecular formula is C18H21ClN2O4S. The Morgan fingerprint density at radius 2 is 1.77 bits per heavy atom. The Morgan fingerprint density at radius 1 is 1.15 bits per heavy atom. The van der Waals surface area contributed by atoms with Crippen molar-refractivity contribution in [3.63, 3.8) is 0 Å². The van der Waals surface area contributed by atoms with Crippen LogP contribution >= 0.6 is 11.6 Å². The zero-order valence-electron chi connectivity index (χ0n) is 15.0. The van der Waals surface area contributed by atoms with Crippen molar-refractivity contribution in [1.29, 1.82) is 0 Å². The molecule has 0 atom stereocenters. The molecule has 2 aromatic carbocycles. The molecule has 140 valence electrons. The van der Waals surface area contributed by atoms with Gasteiger partial charge in [0.1, 0.15) is 5.75 Å². The molecule has 8 heteroatoms. The fraction of sp³-hybridized carbons (Fsp3) is 0.278.